The van der Waals surface area contributed by atoms with E-state index in [2.05, 4.69) is 20.7 Å². The lowest BCUT2D eigenvalue weighted by atomic mass is 10.0. The summed E-state index contributed by atoms with van der Waals surface area (Å²) >= 11 is 0. The van der Waals surface area contributed by atoms with Crippen molar-refractivity contribution in [3.05, 3.63) is 66.0 Å². The monoisotopic (exact) mass is 429 g/mol. The Balaban J connectivity index is 1.81. The Hall–Kier alpha value is -3.66. The molecular formula is C21H21F2N5O3. The van der Waals surface area contributed by atoms with E-state index in [1.54, 1.807) is 35.3 Å². The summed E-state index contributed by atoms with van der Waals surface area (Å²) in [6.07, 6.45) is 3.23. The number of carboxylic acids is 1. The van der Waals surface area contributed by atoms with E-state index in [0.717, 1.165) is 17.7 Å². The Bertz CT molecular complexity index is 1070. The predicted molar refractivity (Wildman–Crippen MR) is 109 cm³/mol. The van der Waals surface area contributed by atoms with Gasteiger partial charge in [0.05, 0.1) is 18.3 Å². The molecule has 0 fully saturated rings. The number of pyridine rings is 1. The molecule has 3 rings (SSSR count). The maximum atomic E-state index is 13.5. The van der Waals surface area contributed by atoms with E-state index < -0.39 is 36.1 Å². The van der Waals surface area contributed by atoms with Gasteiger partial charge in [-0.3, -0.25) is 19.9 Å². The molecule has 0 bridgehead atoms. The molecule has 1 atom stereocenters. The summed E-state index contributed by atoms with van der Waals surface area (Å²) in [5, 5.41) is 18.8. The van der Waals surface area contributed by atoms with Crippen LogP contribution in [-0.2, 0) is 22.6 Å². The summed E-state index contributed by atoms with van der Waals surface area (Å²) in [5.41, 5.74) is 1.80. The molecule has 3 aromatic rings. The lowest BCUT2D eigenvalue weighted by Gasteiger charge is -2.18. The van der Waals surface area contributed by atoms with Gasteiger partial charge in [0.25, 0.3) is 0 Å². The molecule has 31 heavy (non-hydrogen) atoms. The van der Waals surface area contributed by atoms with Crippen LogP contribution in [0.5, 0.6) is 0 Å². The minimum Gasteiger partial charge on any atom is -0.480 e. The fourth-order valence-electron chi connectivity index (χ4n) is 3.01. The van der Waals surface area contributed by atoms with Crippen molar-refractivity contribution in [2.75, 3.05) is 11.9 Å². The third kappa shape index (κ3) is 5.70. The molecule has 0 aliphatic heterocycles. The Morgan fingerprint density at radius 1 is 1.13 bits per heavy atom. The molecular weight excluding hydrogens is 408 g/mol. The van der Waals surface area contributed by atoms with Crippen molar-refractivity contribution in [2.45, 2.75) is 25.9 Å². The molecule has 1 aromatic carbocycles. The van der Waals surface area contributed by atoms with Crippen molar-refractivity contribution in [1.29, 1.82) is 0 Å². The Morgan fingerprint density at radius 2 is 1.87 bits per heavy atom. The number of rotatable bonds is 9. The molecule has 0 aliphatic carbocycles. The average Bonchev–Trinajstić information content (AvgIpc) is 3.16. The summed E-state index contributed by atoms with van der Waals surface area (Å²) in [6, 6.07) is 7.56. The molecule has 3 N–H and O–H groups in total. The quantitative estimate of drug-likeness (QED) is 0.482. The van der Waals surface area contributed by atoms with Crippen molar-refractivity contribution in [3.63, 3.8) is 0 Å². The molecule has 2 heterocycles. The van der Waals surface area contributed by atoms with Gasteiger partial charge in [-0.05, 0) is 43.2 Å². The second-order valence-corrected chi connectivity index (χ2v) is 6.74. The summed E-state index contributed by atoms with van der Waals surface area (Å²) < 4.78 is 28.3. The largest absolute Gasteiger partial charge is 0.480 e. The maximum Gasteiger partial charge on any atom is 0.317 e. The number of hydrogen-bond donors (Lipinski definition) is 3. The summed E-state index contributed by atoms with van der Waals surface area (Å²) in [7, 11) is 0. The number of aryl methyl sites for hydroxylation is 1. The van der Waals surface area contributed by atoms with Gasteiger partial charge >= 0.3 is 5.97 Å². The molecule has 162 valence electrons. The summed E-state index contributed by atoms with van der Waals surface area (Å²) in [5.74, 6) is -3.30. The topological polar surface area (TPSA) is 109 Å². The number of nitrogens with zero attached hydrogens (tertiary/aromatic N) is 3. The van der Waals surface area contributed by atoms with Crippen LogP contribution in [0.3, 0.4) is 0 Å². The number of aromatic nitrogens is 3. The molecule has 1 amide bonds. The third-order valence-corrected chi connectivity index (χ3v) is 4.55. The molecule has 0 radical (unpaired) electrons. The van der Waals surface area contributed by atoms with Crippen molar-refractivity contribution in [1.82, 2.24) is 20.1 Å². The molecule has 0 saturated carbocycles. The number of nitrogens with one attached hydrogen (secondary N) is 2. The normalized spacial score (nSPS) is 11.8. The van der Waals surface area contributed by atoms with Crippen LogP contribution in [-0.4, -0.2) is 44.3 Å². The van der Waals surface area contributed by atoms with Crippen LogP contribution < -0.4 is 10.6 Å². The zero-order chi connectivity index (χ0) is 22.4. The lowest BCUT2D eigenvalue weighted by molar-refractivity contribution is -0.136. The van der Waals surface area contributed by atoms with Crippen LogP contribution in [0, 0.1) is 11.6 Å². The first-order valence-corrected chi connectivity index (χ1v) is 9.55. The number of aliphatic carboxylic acids is 1. The Labute approximate surface area is 176 Å². The highest BCUT2D eigenvalue weighted by atomic mass is 19.2. The van der Waals surface area contributed by atoms with Gasteiger partial charge in [-0.1, -0.05) is 6.07 Å². The Morgan fingerprint density at radius 3 is 2.52 bits per heavy atom. The SMILES string of the molecule is CCn1nc(-c2ccncc2)cc1NC(=O)[C@H](Cc1ccc(F)c(F)c1)NCC(=O)O. The van der Waals surface area contributed by atoms with Crippen LogP contribution >= 0.6 is 0 Å². The van der Waals surface area contributed by atoms with E-state index in [1.807, 2.05) is 6.92 Å². The molecule has 2 aromatic heterocycles. The van der Waals surface area contributed by atoms with Crippen LogP contribution in [0.1, 0.15) is 12.5 Å². The minimum atomic E-state index is -1.15. The zero-order valence-electron chi connectivity index (χ0n) is 16.7. The fraction of sp³-hybridized carbons (Fsp3) is 0.238. The van der Waals surface area contributed by atoms with Gasteiger partial charge in [0.15, 0.2) is 11.6 Å². The highest BCUT2D eigenvalue weighted by Crippen LogP contribution is 2.22. The molecule has 8 nitrogen and oxygen atoms in total. The minimum absolute atomic E-state index is 0.0339. The number of carbonyl (C=O) groups excluding carboxylic acids is 1. The smallest absolute Gasteiger partial charge is 0.317 e. The number of anilines is 1. The number of carbonyl (C=O) groups is 2. The van der Waals surface area contributed by atoms with E-state index in [9.17, 15) is 18.4 Å². The van der Waals surface area contributed by atoms with Crippen molar-refractivity contribution < 1.29 is 23.5 Å². The van der Waals surface area contributed by atoms with E-state index in [1.165, 1.54) is 6.07 Å². The van der Waals surface area contributed by atoms with Crippen LogP contribution in [0.2, 0.25) is 0 Å². The van der Waals surface area contributed by atoms with Gasteiger partial charge in [-0.15, -0.1) is 0 Å². The van der Waals surface area contributed by atoms with Gasteiger partial charge in [-0.25, -0.2) is 13.5 Å². The average molecular weight is 429 g/mol. The lowest BCUT2D eigenvalue weighted by Crippen LogP contribution is -2.44. The number of benzene rings is 1. The fourth-order valence-corrected chi connectivity index (χ4v) is 3.01. The van der Waals surface area contributed by atoms with Crippen LogP contribution in [0.25, 0.3) is 11.3 Å². The van der Waals surface area contributed by atoms with Gasteiger partial charge in [0, 0.05) is 30.6 Å². The first-order chi connectivity index (χ1) is 14.9. The zero-order valence-corrected chi connectivity index (χ0v) is 16.7. The van der Waals surface area contributed by atoms with E-state index in [0.29, 0.717) is 23.6 Å². The van der Waals surface area contributed by atoms with E-state index in [-0.39, 0.29) is 6.42 Å². The molecule has 0 aliphatic rings. The standard InChI is InChI=1S/C21H21F2N5O3/c1-2-28-19(11-17(27-28)14-5-7-24-8-6-14)26-21(31)18(25-12-20(29)30)10-13-3-4-15(22)16(23)9-13/h3-9,11,18,25H,2,10,12H2,1H3,(H,26,31)(H,29,30)/t18-/m0/s1. The van der Waals surface area contributed by atoms with Gasteiger partial charge in [0.1, 0.15) is 5.82 Å². The summed E-state index contributed by atoms with van der Waals surface area (Å²) in [6.45, 7) is 1.87. The van der Waals surface area contributed by atoms with Gasteiger partial charge in [-0.2, -0.15) is 5.10 Å². The van der Waals surface area contributed by atoms with Crippen molar-refractivity contribution >= 4 is 17.7 Å². The predicted octanol–water partition coefficient (Wildman–Crippen LogP) is 2.47. The second-order valence-electron chi connectivity index (χ2n) is 6.74. The van der Waals surface area contributed by atoms with Crippen LogP contribution in [0.4, 0.5) is 14.6 Å². The molecule has 10 heteroatoms. The highest BCUT2D eigenvalue weighted by Gasteiger charge is 2.22. The van der Waals surface area contributed by atoms with Gasteiger partial charge in [0.2, 0.25) is 5.91 Å². The van der Waals surface area contributed by atoms with E-state index >= 15 is 0 Å². The van der Waals surface area contributed by atoms with Gasteiger partial charge < -0.3 is 10.4 Å². The number of hydrogen-bond acceptors (Lipinski definition) is 5. The Kier molecular flexibility index (Phi) is 7.03. The molecule has 0 unspecified atom stereocenters. The first-order valence-electron chi connectivity index (χ1n) is 9.55. The molecule has 0 saturated heterocycles. The highest BCUT2D eigenvalue weighted by molar-refractivity contribution is 5.95. The number of amides is 1. The van der Waals surface area contributed by atoms with E-state index in [4.69, 9.17) is 5.11 Å². The van der Waals surface area contributed by atoms with Crippen molar-refractivity contribution in [2.24, 2.45) is 0 Å². The van der Waals surface area contributed by atoms with Crippen molar-refractivity contribution in [3.8, 4) is 11.3 Å². The summed E-state index contributed by atoms with van der Waals surface area (Å²) in [4.78, 5) is 27.9. The third-order valence-electron chi connectivity index (χ3n) is 4.55. The number of carboxylic acid groups (broad SMARTS) is 1. The number of halogens is 2. The van der Waals surface area contributed by atoms with Crippen LogP contribution in [0.15, 0.2) is 48.8 Å². The second kappa shape index (κ2) is 9.90. The maximum absolute atomic E-state index is 13.5. The molecule has 0 spiro atoms. The first kappa shape index (κ1) is 22.0.